The first-order valence-electron chi connectivity index (χ1n) is 14.8. The van der Waals surface area contributed by atoms with Gasteiger partial charge in [0.1, 0.15) is 35.2 Å². The van der Waals surface area contributed by atoms with Crippen molar-refractivity contribution in [2.24, 2.45) is 0 Å². The van der Waals surface area contributed by atoms with Crippen molar-refractivity contribution in [3.05, 3.63) is 65.5 Å². The van der Waals surface area contributed by atoms with Gasteiger partial charge in [-0.05, 0) is 83.2 Å². The third-order valence-electron chi connectivity index (χ3n) is 7.60. The number of carbonyl (C=O) groups excluding carboxylic acids is 1. The molecule has 0 unspecified atom stereocenters. The Kier molecular flexibility index (Phi) is 10.6. The molecule has 0 bridgehead atoms. The smallest absolute Gasteiger partial charge is 0.309 e. The molecule has 0 spiro atoms. The van der Waals surface area contributed by atoms with E-state index in [-0.39, 0.29) is 24.0 Å². The summed E-state index contributed by atoms with van der Waals surface area (Å²) in [4.78, 5) is 16.9. The summed E-state index contributed by atoms with van der Waals surface area (Å²) in [6.45, 7) is 7.65. The lowest BCUT2D eigenvalue weighted by molar-refractivity contribution is -0.121. The fourth-order valence-corrected chi connectivity index (χ4v) is 6.22. The summed E-state index contributed by atoms with van der Waals surface area (Å²) in [5.74, 6) is 0.179. The zero-order valence-electron chi connectivity index (χ0n) is 27.0. The van der Waals surface area contributed by atoms with Gasteiger partial charge in [0.2, 0.25) is 0 Å². The average molecular weight is 643 g/mol. The van der Waals surface area contributed by atoms with Crippen LogP contribution in [0.4, 0.5) is 15.8 Å². The number of amides is 1. The maximum absolute atomic E-state index is 14.1. The number of hydrogen-bond acceptors (Lipinski definition) is 9. The predicted molar refractivity (Wildman–Crippen MR) is 175 cm³/mol. The lowest BCUT2D eigenvalue weighted by Crippen LogP contribution is -2.52. The Morgan fingerprint density at radius 3 is 2.47 bits per heavy atom. The molecule has 244 valence electrons. The highest BCUT2D eigenvalue weighted by molar-refractivity contribution is 7.87. The molecule has 1 heterocycles. The molecule has 0 aliphatic carbocycles. The van der Waals surface area contributed by atoms with Crippen molar-refractivity contribution < 1.29 is 31.3 Å². The van der Waals surface area contributed by atoms with Crippen molar-refractivity contribution in [3.8, 4) is 28.4 Å². The highest BCUT2D eigenvalue weighted by Gasteiger charge is 2.38. The minimum absolute atomic E-state index is 0.0148. The number of halogens is 1. The summed E-state index contributed by atoms with van der Waals surface area (Å²) in [5.41, 5.74) is 3.28. The van der Waals surface area contributed by atoms with E-state index in [4.69, 9.17) is 13.7 Å². The molecule has 4 rings (SSSR count). The number of rotatable bonds is 14. The van der Waals surface area contributed by atoms with Crippen molar-refractivity contribution >= 4 is 27.4 Å². The minimum atomic E-state index is -3.84. The van der Waals surface area contributed by atoms with Crippen molar-refractivity contribution in [1.29, 1.82) is 0 Å². The van der Waals surface area contributed by atoms with Crippen LogP contribution in [0, 0.1) is 12.7 Å². The SMILES string of the molecule is COc1cc(OS(=O)(=O)CCCNCCN(C)C)ccc1-c1ccc2c(c1COc1cc(F)ccc1C)N(C)C(=O)C(C)(C)N2. The summed E-state index contributed by atoms with van der Waals surface area (Å²) in [6.07, 6.45) is 0.408. The van der Waals surface area contributed by atoms with E-state index in [0.29, 0.717) is 46.8 Å². The largest absolute Gasteiger partial charge is 0.496 e. The van der Waals surface area contributed by atoms with Crippen LogP contribution in [-0.4, -0.2) is 78.4 Å². The standard InChI is InChI=1S/C33H43FN4O6S/c1-22-9-10-23(34)19-29(22)43-21-27-25(13-14-28-31(27)38(6)32(39)33(2,3)36-28)26-12-11-24(20-30(26)42-7)44-45(40,41)18-8-15-35-16-17-37(4)5/h9-14,19-20,35-36H,8,15-18,21H2,1-7H3. The van der Waals surface area contributed by atoms with E-state index in [1.165, 1.54) is 25.3 Å². The number of nitrogens with one attached hydrogen (secondary N) is 2. The second kappa shape index (κ2) is 14.1. The normalized spacial score (nSPS) is 14.2. The van der Waals surface area contributed by atoms with E-state index in [0.717, 1.165) is 24.3 Å². The van der Waals surface area contributed by atoms with E-state index in [9.17, 15) is 17.6 Å². The van der Waals surface area contributed by atoms with Gasteiger partial charge in [0.25, 0.3) is 5.91 Å². The van der Waals surface area contributed by atoms with Gasteiger partial charge in [-0.1, -0.05) is 12.1 Å². The van der Waals surface area contributed by atoms with Gasteiger partial charge in [-0.3, -0.25) is 4.79 Å². The summed E-state index contributed by atoms with van der Waals surface area (Å²) in [6, 6.07) is 12.9. The summed E-state index contributed by atoms with van der Waals surface area (Å²) >= 11 is 0. The van der Waals surface area contributed by atoms with Crippen molar-refractivity contribution in [2.45, 2.75) is 39.3 Å². The fourth-order valence-electron chi connectivity index (χ4n) is 5.24. The molecule has 0 saturated heterocycles. The van der Waals surface area contributed by atoms with Crippen LogP contribution < -0.4 is 29.2 Å². The molecule has 0 saturated carbocycles. The van der Waals surface area contributed by atoms with Crippen LogP contribution in [0.5, 0.6) is 17.2 Å². The number of fused-ring (bicyclic) bond motifs is 1. The average Bonchev–Trinajstić information content (AvgIpc) is 2.97. The Morgan fingerprint density at radius 2 is 1.76 bits per heavy atom. The van der Waals surface area contributed by atoms with Gasteiger partial charge in [-0.15, -0.1) is 0 Å². The first-order chi connectivity index (χ1) is 21.2. The summed E-state index contributed by atoms with van der Waals surface area (Å²) in [7, 11) is 3.31. The van der Waals surface area contributed by atoms with E-state index in [1.807, 2.05) is 51.9 Å². The van der Waals surface area contributed by atoms with Crippen molar-refractivity contribution in [3.63, 3.8) is 0 Å². The van der Waals surface area contributed by atoms with Gasteiger partial charge in [0.15, 0.2) is 0 Å². The van der Waals surface area contributed by atoms with Crippen molar-refractivity contribution in [1.82, 2.24) is 10.2 Å². The number of methoxy groups -OCH3 is 1. The zero-order valence-corrected chi connectivity index (χ0v) is 27.8. The number of hydrogen-bond donors (Lipinski definition) is 2. The molecular formula is C33H43FN4O6S. The van der Waals surface area contributed by atoms with Crippen LogP contribution >= 0.6 is 0 Å². The predicted octanol–water partition coefficient (Wildman–Crippen LogP) is 4.81. The highest BCUT2D eigenvalue weighted by Crippen LogP contribution is 2.45. The Bertz CT molecular complexity index is 1640. The first-order valence-corrected chi connectivity index (χ1v) is 16.4. The molecule has 1 aliphatic heterocycles. The van der Waals surface area contributed by atoms with E-state index in [1.54, 1.807) is 30.1 Å². The quantitative estimate of drug-likeness (QED) is 0.189. The summed E-state index contributed by atoms with van der Waals surface area (Å²) in [5, 5.41) is 6.54. The van der Waals surface area contributed by atoms with Gasteiger partial charge in [-0.25, -0.2) is 4.39 Å². The Labute approximate surface area is 265 Å². The topological polar surface area (TPSA) is 109 Å². The van der Waals surface area contributed by atoms with Crippen LogP contribution in [0.25, 0.3) is 11.1 Å². The monoisotopic (exact) mass is 642 g/mol. The molecule has 0 radical (unpaired) electrons. The second-order valence-corrected chi connectivity index (χ2v) is 13.6. The van der Waals surface area contributed by atoms with Crippen LogP contribution in [0.2, 0.25) is 0 Å². The number of carbonyl (C=O) groups is 1. The van der Waals surface area contributed by atoms with E-state index in [2.05, 4.69) is 10.6 Å². The Morgan fingerprint density at radius 1 is 1.02 bits per heavy atom. The Hall–Kier alpha value is -3.87. The molecule has 2 N–H and O–H groups in total. The van der Waals surface area contributed by atoms with Gasteiger partial charge in [0, 0.05) is 43.4 Å². The second-order valence-electron chi connectivity index (χ2n) is 11.9. The van der Waals surface area contributed by atoms with E-state index < -0.39 is 21.5 Å². The van der Waals surface area contributed by atoms with Crippen LogP contribution in [0.1, 0.15) is 31.4 Å². The molecule has 10 nitrogen and oxygen atoms in total. The van der Waals surface area contributed by atoms with Gasteiger partial charge < -0.3 is 34.1 Å². The van der Waals surface area contributed by atoms with Crippen LogP contribution in [0.15, 0.2) is 48.5 Å². The van der Waals surface area contributed by atoms with Crippen LogP contribution in [0.3, 0.4) is 0 Å². The number of aryl methyl sites for hydroxylation is 1. The lowest BCUT2D eigenvalue weighted by Gasteiger charge is -2.39. The first kappa shape index (κ1) is 34.0. The Balaban J connectivity index is 1.65. The van der Waals surface area contributed by atoms with Gasteiger partial charge >= 0.3 is 10.1 Å². The molecule has 0 aromatic heterocycles. The maximum Gasteiger partial charge on any atom is 0.309 e. The number of benzene rings is 3. The fraction of sp³-hybridized carbons (Fsp3) is 0.424. The number of anilines is 2. The van der Waals surface area contributed by atoms with E-state index >= 15 is 0 Å². The highest BCUT2D eigenvalue weighted by atomic mass is 32.2. The molecule has 12 heteroatoms. The molecular weight excluding hydrogens is 599 g/mol. The molecule has 3 aromatic rings. The third-order valence-corrected chi connectivity index (χ3v) is 8.83. The minimum Gasteiger partial charge on any atom is -0.496 e. The van der Waals surface area contributed by atoms with Crippen LogP contribution in [-0.2, 0) is 21.5 Å². The molecule has 45 heavy (non-hydrogen) atoms. The lowest BCUT2D eigenvalue weighted by atomic mass is 9.91. The summed E-state index contributed by atoms with van der Waals surface area (Å²) < 4.78 is 56.8. The zero-order chi connectivity index (χ0) is 32.9. The maximum atomic E-state index is 14.1. The number of ether oxygens (including phenoxy) is 2. The molecule has 0 atom stereocenters. The molecule has 0 fully saturated rings. The number of likely N-dealkylation sites (N-methyl/N-ethyl adjacent to an activating group) is 2. The third kappa shape index (κ3) is 8.24. The molecule has 1 amide bonds. The van der Waals surface area contributed by atoms with Gasteiger partial charge in [0.05, 0.1) is 24.2 Å². The van der Waals surface area contributed by atoms with Gasteiger partial charge in [-0.2, -0.15) is 8.42 Å². The molecule has 3 aromatic carbocycles. The molecule has 1 aliphatic rings. The number of nitrogens with zero attached hydrogens (tertiary/aromatic N) is 2. The van der Waals surface area contributed by atoms with Crippen molar-refractivity contribution in [2.75, 3.05) is 63.9 Å².